The van der Waals surface area contributed by atoms with Crippen LogP contribution in [0.3, 0.4) is 0 Å². The molecule has 5 heteroatoms. The van der Waals surface area contributed by atoms with Crippen LogP contribution >= 0.6 is 0 Å². The van der Waals surface area contributed by atoms with Gasteiger partial charge in [-0.3, -0.25) is 4.79 Å². The van der Waals surface area contributed by atoms with Crippen molar-refractivity contribution >= 4 is 5.91 Å². The summed E-state index contributed by atoms with van der Waals surface area (Å²) in [5.74, 6) is 0.637. The molecule has 1 fully saturated rings. The van der Waals surface area contributed by atoms with Gasteiger partial charge < -0.3 is 20.5 Å². The van der Waals surface area contributed by atoms with Crippen molar-refractivity contribution in [2.24, 2.45) is 5.73 Å². The summed E-state index contributed by atoms with van der Waals surface area (Å²) in [6.45, 7) is 3.69. The molecule has 1 saturated heterocycles. The number of hydrogen-bond donors (Lipinski definition) is 2. The highest BCUT2D eigenvalue weighted by molar-refractivity contribution is 5.94. The molecule has 1 aliphatic heterocycles. The van der Waals surface area contributed by atoms with E-state index in [1.165, 1.54) is 0 Å². The molecule has 5 nitrogen and oxygen atoms in total. The molecule has 1 amide bonds. The fourth-order valence-electron chi connectivity index (χ4n) is 2.03. The normalized spacial score (nSPS) is 19.6. The fourth-order valence-corrected chi connectivity index (χ4v) is 2.03. The van der Waals surface area contributed by atoms with Crippen LogP contribution in [0.2, 0.25) is 0 Å². The van der Waals surface area contributed by atoms with Crippen molar-refractivity contribution in [2.45, 2.75) is 31.9 Å². The zero-order valence-electron chi connectivity index (χ0n) is 11.8. The fraction of sp³-hybridized carbons (Fsp3) is 0.533. The summed E-state index contributed by atoms with van der Waals surface area (Å²) in [6.07, 6.45) is 2.35. The van der Waals surface area contributed by atoms with E-state index in [1.54, 1.807) is 24.3 Å². The van der Waals surface area contributed by atoms with Crippen LogP contribution in [0, 0.1) is 0 Å². The van der Waals surface area contributed by atoms with Gasteiger partial charge >= 0.3 is 0 Å². The van der Waals surface area contributed by atoms with Crippen LogP contribution < -0.4 is 15.8 Å². The Labute approximate surface area is 119 Å². The van der Waals surface area contributed by atoms with E-state index in [2.05, 4.69) is 5.32 Å². The number of benzene rings is 1. The number of rotatable bonds is 6. The Morgan fingerprint density at radius 3 is 2.85 bits per heavy atom. The molecule has 20 heavy (non-hydrogen) atoms. The number of amides is 1. The topological polar surface area (TPSA) is 73.6 Å². The first-order valence-corrected chi connectivity index (χ1v) is 7.04. The van der Waals surface area contributed by atoms with Gasteiger partial charge in [0.2, 0.25) is 0 Å². The van der Waals surface area contributed by atoms with Gasteiger partial charge in [0.05, 0.1) is 6.10 Å². The van der Waals surface area contributed by atoms with Gasteiger partial charge in [-0.05, 0) is 44.0 Å². The van der Waals surface area contributed by atoms with Crippen LogP contribution in [0.1, 0.15) is 30.1 Å². The maximum atomic E-state index is 11.9. The number of nitrogens with two attached hydrogens (primary N) is 1. The number of carbonyl (C=O) groups excluding carboxylic acids is 1. The molecule has 110 valence electrons. The molecule has 1 unspecified atom stereocenters. The Morgan fingerprint density at radius 2 is 2.25 bits per heavy atom. The lowest BCUT2D eigenvalue weighted by molar-refractivity contribution is 0.0679. The van der Waals surface area contributed by atoms with Crippen molar-refractivity contribution in [3.8, 4) is 5.75 Å². The zero-order valence-corrected chi connectivity index (χ0v) is 11.8. The molecule has 3 N–H and O–H groups in total. The van der Waals surface area contributed by atoms with E-state index in [9.17, 15) is 4.79 Å². The maximum absolute atomic E-state index is 11.9. The molecule has 0 spiro atoms. The van der Waals surface area contributed by atoms with E-state index in [-0.39, 0.29) is 18.1 Å². The molecule has 1 aromatic rings. The molecule has 0 aliphatic carbocycles. The quantitative estimate of drug-likeness (QED) is 0.823. The average molecular weight is 278 g/mol. The van der Waals surface area contributed by atoms with Crippen molar-refractivity contribution in [3.05, 3.63) is 29.8 Å². The summed E-state index contributed by atoms with van der Waals surface area (Å²) in [6, 6.07) is 7.08. The molecular formula is C15H22N2O3. The van der Waals surface area contributed by atoms with Crippen LogP contribution in [-0.2, 0) is 4.74 Å². The van der Waals surface area contributed by atoms with E-state index < -0.39 is 0 Å². The highest BCUT2D eigenvalue weighted by atomic mass is 16.5. The lowest BCUT2D eigenvalue weighted by atomic mass is 10.2. The minimum Gasteiger partial charge on any atom is -0.491 e. The molecule has 0 aromatic heterocycles. The molecule has 2 atom stereocenters. The molecule has 0 bridgehead atoms. The Kier molecular flexibility index (Phi) is 5.38. The molecule has 0 saturated carbocycles. The van der Waals surface area contributed by atoms with Crippen LogP contribution in [-0.4, -0.2) is 37.8 Å². The van der Waals surface area contributed by atoms with Gasteiger partial charge in [-0.25, -0.2) is 0 Å². The number of carbonyl (C=O) groups is 1. The minimum absolute atomic E-state index is 0.0297. The summed E-state index contributed by atoms with van der Waals surface area (Å²) < 4.78 is 11.1. The maximum Gasteiger partial charge on any atom is 0.251 e. The molecule has 1 heterocycles. The predicted octanol–water partition coefficient (Wildman–Crippen LogP) is 1.32. The molecule has 0 radical (unpaired) electrons. The van der Waals surface area contributed by atoms with E-state index in [1.807, 2.05) is 6.92 Å². The van der Waals surface area contributed by atoms with Crippen LogP contribution in [0.4, 0.5) is 0 Å². The lowest BCUT2D eigenvalue weighted by Gasteiger charge is -2.13. The van der Waals surface area contributed by atoms with Gasteiger partial charge in [0, 0.05) is 24.8 Å². The Bertz CT molecular complexity index is 427. The average Bonchev–Trinajstić information content (AvgIpc) is 2.98. The number of ether oxygens (including phenoxy) is 2. The summed E-state index contributed by atoms with van der Waals surface area (Å²) in [4.78, 5) is 11.9. The van der Waals surface area contributed by atoms with E-state index in [0.29, 0.717) is 18.7 Å². The number of nitrogens with one attached hydrogen (secondary N) is 1. The molecule has 2 rings (SSSR count). The van der Waals surface area contributed by atoms with Crippen molar-refractivity contribution in [2.75, 3.05) is 19.8 Å². The Hall–Kier alpha value is -1.59. The summed E-state index contributed by atoms with van der Waals surface area (Å²) in [5.41, 5.74) is 6.08. The van der Waals surface area contributed by atoms with Gasteiger partial charge in [-0.2, -0.15) is 0 Å². The van der Waals surface area contributed by atoms with E-state index in [0.717, 1.165) is 25.2 Å². The number of hydrogen-bond acceptors (Lipinski definition) is 4. The smallest absolute Gasteiger partial charge is 0.251 e. The summed E-state index contributed by atoms with van der Waals surface area (Å²) in [5, 5.41) is 2.82. The van der Waals surface area contributed by atoms with Crippen LogP contribution in [0.25, 0.3) is 0 Å². The van der Waals surface area contributed by atoms with Crippen LogP contribution in [0.15, 0.2) is 24.3 Å². The standard InChI is InChI=1S/C15H22N2O3/c1-11(9-16)17-15(18)12-4-6-13(7-5-12)20-10-14-3-2-8-19-14/h4-7,11,14H,2-3,8-10,16H2,1H3,(H,17,18)/t11-,14?/m0/s1. The molecule has 1 aliphatic rings. The zero-order chi connectivity index (χ0) is 14.4. The van der Waals surface area contributed by atoms with Gasteiger partial charge in [0.15, 0.2) is 0 Å². The van der Waals surface area contributed by atoms with Gasteiger partial charge in [-0.1, -0.05) is 0 Å². The first-order valence-electron chi connectivity index (χ1n) is 7.04. The Balaban J connectivity index is 1.84. The first kappa shape index (κ1) is 14.8. The highest BCUT2D eigenvalue weighted by Gasteiger charge is 2.16. The third-order valence-electron chi connectivity index (χ3n) is 3.31. The second-order valence-corrected chi connectivity index (χ2v) is 5.08. The molecule has 1 aromatic carbocycles. The minimum atomic E-state index is -0.117. The second-order valence-electron chi connectivity index (χ2n) is 5.08. The molecular weight excluding hydrogens is 256 g/mol. The largest absolute Gasteiger partial charge is 0.491 e. The van der Waals surface area contributed by atoms with Crippen LogP contribution in [0.5, 0.6) is 5.75 Å². The van der Waals surface area contributed by atoms with Gasteiger partial charge in [0.1, 0.15) is 12.4 Å². The predicted molar refractivity (Wildman–Crippen MR) is 76.9 cm³/mol. The monoisotopic (exact) mass is 278 g/mol. The van der Waals surface area contributed by atoms with Crippen molar-refractivity contribution in [1.82, 2.24) is 5.32 Å². The third-order valence-corrected chi connectivity index (χ3v) is 3.31. The summed E-state index contributed by atoms with van der Waals surface area (Å²) in [7, 11) is 0. The van der Waals surface area contributed by atoms with Gasteiger partial charge in [0.25, 0.3) is 5.91 Å². The Morgan fingerprint density at radius 1 is 1.50 bits per heavy atom. The highest BCUT2D eigenvalue weighted by Crippen LogP contribution is 2.16. The van der Waals surface area contributed by atoms with E-state index >= 15 is 0 Å². The first-order chi connectivity index (χ1) is 9.69. The van der Waals surface area contributed by atoms with Crippen molar-refractivity contribution in [1.29, 1.82) is 0 Å². The third kappa shape index (κ3) is 4.21. The van der Waals surface area contributed by atoms with Crippen molar-refractivity contribution in [3.63, 3.8) is 0 Å². The second kappa shape index (κ2) is 7.26. The van der Waals surface area contributed by atoms with Crippen molar-refractivity contribution < 1.29 is 14.3 Å². The summed E-state index contributed by atoms with van der Waals surface area (Å²) >= 11 is 0. The van der Waals surface area contributed by atoms with E-state index in [4.69, 9.17) is 15.2 Å². The van der Waals surface area contributed by atoms with Gasteiger partial charge in [-0.15, -0.1) is 0 Å². The lowest BCUT2D eigenvalue weighted by Crippen LogP contribution is -2.37. The SMILES string of the molecule is C[C@@H](CN)NC(=O)c1ccc(OCC2CCCO2)cc1.